The van der Waals surface area contributed by atoms with Crippen LogP contribution in [0.25, 0.3) is 0 Å². The van der Waals surface area contributed by atoms with Gasteiger partial charge < -0.3 is 15.0 Å². The van der Waals surface area contributed by atoms with Gasteiger partial charge in [-0.25, -0.2) is 0 Å². The summed E-state index contributed by atoms with van der Waals surface area (Å²) >= 11 is 0. The van der Waals surface area contributed by atoms with E-state index >= 15 is 0 Å². The van der Waals surface area contributed by atoms with Crippen molar-refractivity contribution in [2.75, 3.05) is 34.3 Å². The van der Waals surface area contributed by atoms with Crippen LogP contribution in [0.2, 0.25) is 0 Å². The fourth-order valence-electron chi connectivity index (χ4n) is 2.51. The van der Waals surface area contributed by atoms with Gasteiger partial charge in [-0.1, -0.05) is 12.1 Å². The maximum Gasteiger partial charge on any atom is 0.193 e. The molecule has 1 fully saturated rings. The summed E-state index contributed by atoms with van der Waals surface area (Å²) in [6.07, 6.45) is 1.17. The van der Waals surface area contributed by atoms with Crippen molar-refractivity contribution in [2.45, 2.75) is 12.3 Å². The molecule has 1 aromatic carbocycles. The quantitative estimate of drug-likeness (QED) is 0.490. The Bertz CT molecular complexity index is 419. The zero-order valence-electron chi connectivity index (χ0n) is 11.7. The summed E-state index contributed by atoms with van der Waals surface area (Å²) in [6, 6.07) is 8.39. The van der Waals surface area contributed by atoms with Gasteiger partial charge in [0.15, 0.2) is 5.96 Å². The molecule has 0 saturated carbocycles. The summed E-state index contributed by atoms with van der Waals surface area (Å²) < 4.78 is 5.19. The summed E-state index contributed by atoms with van der Waals surface area (Å²) in [5.74, 6) is 2.48. The first-order chi connectivity index (χ1) is 8.78. The van der Waals surface area contributed by atoms with E-state index in [-0.39, 0.29) is 24.0 Å². The van der Waals surface area contributed by atoms with Gasteiger partial charge in [0.05, 0.1) is 7.11 Å². The molecule has 0 amide bonds. The largest absolute Gasteiger partial charge is 0.497 e. The average Bonchev–Trinajstić information content (AvgIpc) is 2.90. The molecule has 19 heavy (non-hydrogen) atoms. The first-order valence-corrected chi connectivity index (χ1v) is 6.32. The smallest absolute Gasteiger partial charge is 0.193 e. The first kappa shape index (κ1) is 16.1. The summed E-state index contributed by atoms with van der Waals surface area (Å²) in [6.45, 7) is 2.09. The van der Waals surface area contributed by atoms with Crippen molar-refractivity contribution in [3.8, 4) is 5.75 Å². The number of nitrogens with one attached hydrogen (secondary N) is 1. The Hall–Kier alpha value is -0.980. The average molecular weight is 375 g/mol. The fraction of sp³-hybridized carbons (Fsp3) is 0.500. The molecule has 106 valence electrons. The third-order valence-corrected chi connectivity index (χ3v) is 3.51. The minimum absolute atomic E-state index is 0. The highest BCUT2D eigenvalue weighted by atomic mass is 127. The standard InChI is InChI=1S/C14H21N3O.HI/c1-15-14(16-2)17-9-8-12(10-17)11-4-6-13(18-3)7-5-11;/h4-7,12H,8-10H2,1-3H3,(H,15,16);1H. The number of rotatable bonds is 2. The molecule has 1 aliphatic heterocycles. The van der Waals surface area contributed by atoms with Gasteiger partial charge in [-0.3, -0.25) is 4.99 Å². The van der Waals surface area contributed by atoms with E-state index in [0.717, 1.165) is 24.8 Å². The number of guanidine groups is 1. The van der Waals surface area contributed by atoms with Crippen molar-refractivity contribution in [2.24, 2.45) is 4.99 Å². The van der Waals surface area contributed by atoms with Gasteiger partial charge in [0.2, 0.25) is 0 Å². The summed E-state index contributed by atoms with van der Waals surface area (Å²) in [5, 5.41) is 3.14. The molecule has 5 heteroatoms. The van der Waals surface area contributed by atoms with Gasteiger partial charge in [0, 0.05) is 33.1 Å². The van der Waals surface area contributed by atoms with Crippen molar-refractivity contribution in [1.29, 1.82) is 0 Å². The second kappa shape index (κ2) is 7.57. The minimum atomic E-state index is 0. The lowest BCUT2D eigenvalue weighted by atomic mass is 9.98. The molecule has 0 spiro atoms. The highest BCUT2D eigenvalue weighted by Crippen LogP contribution is 2.28. The lowest BCUT2D eigenvalue weighted by Gasteiger charge is -2.20. The highest BCUT2D eigenvalue weighted by Gasteiger charge is 2.25. The zero-order chi connectivity index (χ0) is 13.0. The summed E-state index contributed by atoms with van der Waals surface area (Å²) in [7, 11) is 5.44. The fourth-order valence-corrected chi connectivity index (χ4v) is 2.51. The number of aliphatic imine (C=N–C) groups is 1. The van der Waals surface area contributed by atoms with Crippen LogP contribution in [-0.2, 0) is 0 Å². The Morgan fingerprint density at radius 2 is 2.05 bits per heavy atom. The molecule has 0 radical (unpaired) electrons. The van der Waals surface area contributed by atoms with E-state index in [1.165, 1.54) is 12.0 Å². The lowest BCUT2D eigenvalue weighted by molar-refractivity contribution is 0.414. The van der Waals surface area contributed by atoms with Crippen molar-refractivity contribution in [1.82, 2.24) is 10.2 Å². The molecule has 1 unspecified atom stereocenters. The topological polar surface area (TPSA) is 36.9 Å². The van der Waals surface area contributed by atoms with Gasteiger partial charge in [0.1, 0.15) is 5.75 Å². The number of hydrogen-bond donors (Lipinski definition) is 1. The predicted molar refractivity (Wildman–Crippen MR) is 89.8 cm³/mol. The Morgan fingerprint density at radius 3 is 2.58 bits per heavy atom. The Balaban J connectivity index is 0.00000180. The van der Waals surface area contributed by atoms with Crippen molar-refractivity contribution < 1.29 is 4.74 Å². The molecule has 0 aromatic heterocycles. The molecule has 1 saturated heterocycles. The number of halogens is 1. The molecule has 0 aliphatic carbocycles. The van der Waals surface area contributed by atoms with E-state index in [2.05, 4.69) is 27.3 Å². The number of ether oxygens (including phenoxy) is 1. The molecule has 1 aromatic rings. The van der Waals surface area contributed by atoms with Crippen molar-refractivity contribution in [3.05, 3.63) is 29.8 Å². The van der Waals surface area contributed by atoms with Crippen LogP contribution in [0.1, 0.15) is 17.9 Å². The van der Waals surface area contributed by atoms with Crippen LogP contribution in [0.3, 0.4) is 0 Å². The maximum absolute atomic E-state index is 5.19. The molecule has 1 atom stereocenters. The van der Waals surface area contributed by atoms with E-state index in [0.29, 0.717) is 5.92 Å². The molecule has 2 rings (SSSR count). The van der Waals surface area contributed by atoms with Gasteiger partial charge in [-0.05, 0) is 24.1 Å². The molecular formula is C14H22IN3O. The molecule has 1 N–H and O–H groups in total. The van der Waals surface area contributed by atoms with Crippen LogP contribution in [0.4, 0.5) is 0 Å². The van der Waals surface area contributed by atoms with Crippen LogP contribution in [0, 0.1) is 0 Å². The van der Waals surface area contributed by atoms with Gasteiger partial charge in [-0.2, -0.15) is 0 Å². The van der Waals surface area contributed by atoms with Crippen LogP contribution in [0.15, 0.2) is 29.3 Å². The number of likely N-dealkylation sites (tertiary alicyclic amines) is 1. The Morgan fingerprint density at radius 1 is 1.37 bits per heavy atom. The van der Waals surface area contributed by atoms with Gasteiger partial charge in [-0.15, -0.1) is 24.0 Å². The van der Waals surface area contributed by atoms with Crippen molar-refractivity contribution >= 4 is 29.9 Å². The summed E-state index contributed by atoms with van der Waals surface area (Å²) in [4.78, 5) is 6.56. The highest BCUT2D eigenvalue weighted by molar-refractivity contribution is 14.0. The molecule has 1 heterocycles. The molecule has 1 aliphatic rings. The molecular weight excluding hydrogens is 353 g/mol. The maximum atomic E-state index is 5.19. The van der Waals surface area contributed by atoms with Gasteiger partial charge >= 0.3 is 0 Å². The van der Waals surface area contributed by atoms with E-state index in [1.807, 2.05) is 26.2 Å². The first-order valence-electron chi connectivity index (χ1n) is 6.32. The summed E-state index contributed by atoms with van der Waals surface area (Å²) in [5.41, 5.74) is 1.38. The Labute approximate surface area is 132 Å². The number of methoxy groups -OCH3 is 1. The third kappa shape index (κ3) is 3.75. The monoisotopic (exact) mass is 375 g/mol. The van der Waals surface area contributed by atoms with Crippen LogP contribution >= 0.6 is 24.0 Å². The van der Waals surface area contributed by atoms with Gasteiger partial charge in [0.25, 0.3) is 0 Å². The van der Waals surface area contributed by atoms with Crippen LogP contribution in [0.5, 0.6) is 5.75 Å². The number of nitrogens with zero attached hydrogens (tertiary/aromatic N) is 2. The molecule has 0 bridgehead atoms. The van der Waals surface area contributed by atoms with E-state index in [4.69, 9.17) is 4.74 Å². The van der Waals surface area contributed by atoms with Crippen LogP contribution < -0.4 is 10.1 Å². The third-order valence-electron chi connectivity index (χ3n) is 3.51. The number of benzene rings is 1. The number of hydrogen-bond acceptors (Lipinski definition) is 2. The van der Waals surface area contributed by atoms with E-state index in [1.54, 1.807) is 7.11 Å². The lowest BCUT2D eigenvalue weighted by Crippen LogP contribution is -2.37. The zero-order valence-corrected chi connectivity index (χ0v) is 14.0. The van der Waals surface area contributed by atoms with Crippen LogP contribution in [-0.4, -0.2) is 45.2 Å². The second-order valence-corrected chi connectivity index (χ2v) is 4.50. The van der Waals surface area contributed by atoms with Crippen molar-refractivity contribution in [3.63, 3.8) is 0 Å². The normalized spacial score (nSPS) is 19.0. The molecule has 4 nitrogen and oxygen atoms in total. The van der Waals surface area contributed by atoms with E-state index in [9.17, 15) is 0 Å². The van der Waals surface area contributed by atoms with E-state index < -0.39 is 0 Å². The second-order valence-electron chi connectivity index (χ2n) is 4.50. The Kier molecular flexibility index (Phi) is 6.41. The predicted octanol–water partition coefficient (Wildman–Crippen LogP) is 2.31. The SMILES string of the molecule is CN=C(NC)N1CCC(c2ccc(OC)cc2)C1.I. The minimum Gasteiger partial charge on any atom is -0.497 e.